The Kier molecular flexibility index (Phi) is 6.02. The molecule has 1 N–H and O–H groups in total. The van der Waals surface area contributed by atoms with Crippen molar-refractivity contribution in [2.75, 3.05) is 4.90 Å². The minimum Gasteiger partial charge on any atom is -0.297 e. The van der Waals surface area contributed by atoms with Crippen LogP contribution < -0.4 is 10.2 Å². The molecular weight excluding hydrogens is 436 g/mol. The molecule has 2 atom stereocenters. The molecular formula is C24H22Cl2FN3O. The van der Waals surface area contributed by atoms with Crippen LogP contribution in [0.1, 0.15) is 37.4 Å². The van der Waals surface area contributed by atoms with Crippen molar-refractivity contribution in [3.05, 3.63) is 93.8 Å². The lowest BCUT2D eigenvalue weighted by Gasteiger charge is -2.30. The van der Waals surface area contributed by atoms with E-state index >= 15 is 0 Å². The average molecular weight is 458 g/mol. The largest absolute Gasteiger partial charge is 0.297 e. The average Bonchev–Trinajstić information content (AvgIpc) is 3.04. The van der Waals surface area contributed by atoms with Gasteiger partial charge in [0.25, 0.3) is 0 Å². The van der Waals surface area contributed by atoms with Gasteiger partial charge in [0.05, 0.1) is 17.1 Å². The summed E-state index contributed by atoms with van der Waals surface area (Å²) in [5.41, 5.74) is 1.28. The molecule has 0 saturated carbocycles. The number of pyridine rings is 1. The first-order valence-electron chi connectivity index (χ1n) is 9.98. The lowest BCUT2D eigenvalue weighted by atomic mass is 9.92. The Labute approximate surface area is 191 Å². The minimum absolute atomic E-state index is 0.0880. The maximum absolute atomic E-state index is 13.5. The number of carbonyl (C=O) groups excluding carboxylic acids is 1. The number of benzene rings is 2. The number of amides is 1. The summed E-state index contributed by atoms with van der Waals surface area (Å²) in [6.07, 6.45) is 2.07. The third kappa shape index (κ3) is 4.59. The molecule has 2 heterocycles. The van der Waals surface area contributed by atoms with Crippen LogP contribution in [0.15, 0.2) is 66.9 Å². The molecule has 1 aromatic heterocycles. The maximum atomic E-state index is 13.5. The van der Waals surface area contributed by atoms with Gasteiger partial charge in [-0.1, -0.05) is 47.5 Å². The molecule has 4 rings (SSSR count). The molecule has 0 aliphatic carbocycles. The van der Waals surface area contributed by atoms with Crippen molar-refractivity contribution in [2.45, 2.75) is 37.9 Å². The van der Waals surface area contributed by atoms with E-state index in [1.165, 1.54) is 18.3 Å². The first-order valence-corrected chi connectivity index (χ1v) is 10.7. The van der Waals surface area contributed by atoms with E-state index in [0.29, 0.717) is 22.3 Å². The summed E-state index contributed by atoms with van der Waals surface area (Å²) in [6, 6.07) is 16.6. The van der Waals surface area contributed by atoms with E-state index in [0.717, 1.165) is 11.1 Å². The zero-order valence-corrected chi connectivity index (χ0v) is 18.7. The smallest absolute Gasteiger partial charge is 0.245 e. The monoisotopic (exact) mass is 457 g/mol. The standard InChI is InChI=1S/C24H22Cl2FN3O/c1-24(2,16-6-9-19(27)10-7-16)29-20-13-21(15-4-3-5-17(25)12-15)30(23(20)31)22-11-8-18(26)14-28-22/h3-12,14,20-21,29H,13H2,1-2H3. The van der Waals surface area contributed by atoms with Gasteiger partial charge in [-0.3, -0.25) is 15.0 Å². The number of nitrogens with zero attached hydrogens (tertiary/aromatic N) is 2. The summed E-state index contributed by atoms with van der Waals surface area (Å²) in [5, 5.41) is 4.58. The topological polar surface area (TPSA) is 45.2 Å². The van der Waals surface area contributed by atoms with Gasteiger partial charge in [0.15, 0.2) is 0 Å². The van der Waals surface area contributed by atoms with Gasteiger partial charge in [-0.15, -0.1) is 0 Å². The third-order valence-corrected chi connectivity index (χ3v) is 6.06. The lowest BCUT2D eigenvalue weighted by Crippen LogP contribution is -2.47. The van der Waals surface area contributed by atoms with Crippen LogP contribution in [0.5, 0.6) is 0 Å². The lowest BCUT2D eigenvalue weighted by molar-refractivity contribution is -0.119. The normalized spacial score (nSPS) is 19.1. The van der Waals surface area contributed by atoms with Gasteiger partial charge in [-0.05, 0) is 67.8 Å². The summed E-state index contributed by atoms with van der Waals surface area (Å²) < 4.78 is 13.4. The van der Waals surface area contributed by atoms with Crippen LogP contribution in [0, 0.1) is 5.82 Å². The summed E-state index contributed by atoms with van der Waals surface area (Å²) in [6.45, 7) is 3.95. The highest BCUT2D eigenvalue weighted by Gasteiger charge is 2.43. The Bertz CT molecular complexity index is 1090. The van der Waals surface area contributed by atoms with E-state index < -0.39 is 11.6 Å². The second kappa shape index (κ2) is 8.58. The summed E-state index contributed by atoms with van der Waals surface area (Å²) >= 11 is 12.2. The molecule has 1 aliphatic heterocycles. The van der Waals surface area contributed by atoms with E-state index in [-0.39, 0.29) is 17.8 Å². The van der Waals surface area contributed by atoms with Crippen molar-refractivity contribution in [1.29, 1.82) is 0 Å². The van der Waals surface area contributed by atoms with Crippen LogP contribution in [0.3, 0.4) is 0 Å². The zero-order valence-electron chi connectivity index (χ0n) is 17.1. The second-order valence-corrected chi connectivity index (χ2v) is 9.05. The second-order valence-electron chi connectivity index (χ2n) is 8.18. The first-order chi connectivity index (χ1) is 14.7. The van der Waals surface area contributed by atoms with Crippen LogP contribution in [-0.4, -0.2) is 16.9 Å². The number of hydrogen-bond donors (Lipinski definition) is 1. The summed E-state index contributed by atoms with van der Waals surface area (Å²) in [7, 11) is 0. The number of rotatable bonds is 5. The van der Waals surface area contributed by atoms with Gasteiger partial charge < -0.3 is 0 Å². The predicted octanol–water partition coefficient (Wildman–Crippen LogP) is 5.90. The van der Waals surface area contributed by atoms with Crippen molar-refractivity contribution >= 4 is 34.9 Å². The molecule has 0 bridgehead atoms. The fraction of sp³-hybridized carbons (Fsp3) is 0.250. The Morgan fingerprint density at radius 1 is 1.06 bits per heavy atom. The van der Waals surface area contributed by atoms with E-state index in [2.05, 4.69) is 10.3 Å². The number of nitrogens with one attached hydrogen (secondary N) is 1. The Hall–Kier alpha value is -2.47. The van der Waals surface area contributed by atoms with Crippen molar-refractivity contribution in [3.63, 3.8) is 0 Å². The van der Waals surface area contributed by atoms with Crippen LogP contribution >= 0.6 is 23.2 Å². The molecule has 3 aromatic rings. The molecule has 0 radical (unpaired) electrons. The highest BCUT2D eigenvalue weighted by molar-refractivity contribution is 6.30. The Morgan fingerprint density at radius 2 is 1.81 bits per heavy atom. The van der Waals surface area contributed by atoms with Crippen molar-refractivity contribution in [3.8, 4) is 0 Å². The van der Waals surface area contributed by atoms with E-state index in [1.807, 2.05) is 32.0 Å². The fourth-order valence-corrected chi connectivity index (χ4v) is 4.35. The Balaban J connectivity index is 1.67. The minimum atomic E-state index is -0.545. The van der Waals surface area contributed by atoms with E-state index in [9.17, 15) is 9.18 Å². The molecule has 1 fully saturated rings. The maximum Gasteiger partial charge on any atom is 0.245 e. The zero-order chi connectivity index (χ0) is 22.2. The number of hydrogen-bond acceptors (Lipinski definition) is 3. The molecule has 2 unspecified atom stereocenters. The number of anilines is 1. The van der Waals surface area contributed by atoms with Crippen molar-refractivity contribution in [1.82, 2.24) is 10.3 Å². The Morgan fingerprint density at radius 3 is 2.45 bits per heavy atom. The van der Waals surface area contributed by atoms with Crippen LogP contribution in [0.25, 0.3) is 0 Å². The molecule has 2 aromatic carbocycles. The number of carbonyl (C=O) groups is 1. The quantitative estimate of drug-likeness (QED) is 0.518. The molecule has 1 amide bonds. The molecule has 4 nitrogen and oxygen atoms in total. The fourth-order valence-electron chi connectivity index (χ4n) is 4.04. The molecule has 0 spiro atoms. The van der Waals surface area contributed by atoms with Gasteiger partial charge in [-0.2, -0.15) is 0 Å². The van der Waals surface area contributed by atoms with Gasteiger partial charge in [0.1, 0.15) is 11.6 Å². The molecule has 1 saturated heterocycles. The highest BCUT2D eigenvalue weighted by atomic mass is 35.5. The summed E-state index contributed by atoms with van der Waals surface area (Å²) in [4.78, 5) is 19.6. The first kappa shape index (κ1) is 21.8. The highest BCUT2D eigenvalue weighted by Crippen LogP contribution is 2.38. The van der Waals surface area contributed by atoms with Gasteiger partial charge >= 0.3 is 0 Å². The van der Waals surface area contributed by atoms with Gasteiger partial charge in [0, 0.05) is 16.8 Å². The van der Waals surface area contributed by atoms with Crippen LogP contribution in [0.2, 0.25) is 10.0 Å². The van der Waals surface area contributed by atoms with Crippen molar-refractivity contribution in [2.24, 2.45) is 0 Å². The molecule has 31 heavy (non-hydrogen) atoms. The van der Waals surface area contributed by atoms with Gasteiger partial charge in [-0.25, -0.2) is 9.37 Å². The molecule has 160 valence electrons. The summed E-state index contributed by atoms with van der Waals surface area (Å²) in [5.74, 6) is 0.149. The third-order valence-electron chi connectivity index (χ3n) is 5.60. The molecule has 1 aliphatic rings. The molecule has 7 heteroatoms. The van der Waals surface area contributed by atoms with Gasteiger partial charge in [0.2, 0.25) is 5.91 Å². The van der Waals surface area contributed by atoms with E-state index in [1.54, 1.807) is 35.2 Å². The van der Waals surface area contributed by atoms with Crippen molar-refractivity contribution < 1.29 is 9.18 Å². The predicted molar refractivity (Wildman–Crippen MR) is 122 cm³/mol. The SMILES string of the molecule is CC(C)(NC1CC(c2cccc(Cl)c2)N(c2ccc(Cl)cn2)C1=O)c1ccc(F)cc1. The number of aromatic nitrogens is 1. The van der Waals surface area contributed by atoms with E-state index in [4.69, 9.17) is 23.2 Å². The van der Waals surface area contributed by atoms with Crippen LogP contribution in [0.4, 0.5) is 10.2 Å². The number of halogens is 3. The van der Waals surface area contributed by atoms with Crippen LogP contribution in [-0.2, 0) is 10.3 Å².